The first kappa shape index (κ1) is 24.2. The van der Waals surface area contributed by atoms with Gasteiger partial charge in [0.1, 0.15) is 12.4 Å². The van der Waals surface area contributed by atoms with Gasteiger partial charge in [0.15, 0.2) is 17.3 Å². The maximum atomic E-state index is 13.0. The highest BCUT2D eigenvalue weighted by Gasteiger charge is 2.34. The first-order valence-electron chi connectivity index (χ1n) is 10.9. The summed E-state index contributed by atoms with van der Waals surface area (Å²) in [7, 11) is 3.03. The second-order valence-corrected chi connectivity index (χ2v) is 8.20. The summed E-state index contributed by atoms with van der Waals surface area (Å²) in [5.74, 6) is 1.55. The molecule has 0 saturated heterocycles. The van der Waals surface area contributed by atoms with E-state index in [4.69, 9.17) is 9.47 Å². The van der Waals surface area contributed by atoms with Crippen molar-refractivity contribution in [2.75, 3.05) is 7.11 Å². The van der Waals surface area contributed by atoms with Crippen LogP contribution < -0.4 is 9.47 Å². The van der Waals surface area contributed by atoms with E-state index < -0.39 is 11.9 Å². The van der Waals surface area contributed by atoms with Crippen molar-refractivity contribution in [1.29, 1.82) is 0 Å². The Morgan fingerprint density at radius 2 is 1.77 bits per heavy atom. The molecule has 0 N–H and O–H groups in total. The summed E-state index contributed by atoms with van der Waals surface area (Å²) in [6.07, 6.45) is -0.237. The van der Waals surface area contributed by atoms with Gasteiger partial charge >= 0.3 is 6.18 Å². The fourth-order valence-electron chi connectivity index (χ4n) is 3.57. The van der Waals surface area contributed by atoms with Gasteiger partial charge in [0.05, 0.1) is 19.0 Å². The van der Waals surface area contributed by atoms with Crippen molar-refractivity contribution < 1.29 is 22.6 Å². The molecule has 0 radical (unpaired) electrons. The second kappa shape index (κ2) is 9.73. The van der Waals surface area contributed by atoms with E-state index in [1.54, 1.807) is 36.7 Å². The van der Waals surface area contributed by atoms with Crippen LogP contribution in [0.15, 0.2) is 55.0 Å². The minimum Gasteiger partial charge on any atom is -0.490 e. The van der Waals surface area contributed by atoms with Crippen molar-refractivity contribution in [3.63, 3.8) is 0 Å². The quantitative estimate of drug-likeness (QED) is 0.337. The SMILES string of the molecule is COc1cnc(-c2cccnc2C(C)C)nc1OCc1ccc(-c2nc(C(F)(F)F)cn2C)cc1. The highest BCUT2D eigenvalue weighted by molar-refractivity contribution is 5.60. The van der Waals surface area contributed by atoms with Gasteiger partial charge in [0.25, 0.3) is 5.88 Å². The molecular weight excluding hydrogens is 459 g/mol. The van der Waals surface area contributed by atoms with E-state index in [-0.39, 0.29) is 24.2 Å². The first-order valence-corrected chi connectivity index (χ1v) is 10.9. The first-order chi connectivity index (χ1) is 16.7. The summed E-state index contributed by atoms with van der Waals surface area (Å²) in [5.41, 5.74) is 2.12. The van der Waals surface area contributed by atoms with Gasteiger partial charge in [-0.25, -0.2) is 9.97 Å². The van der Waals surface area contributed by atoms with E-state index in [1.807, 2.05) is 26.0 Å². The van der Waals surface area contributed by atoms with Crippen LogP contribution in [0.25, 0.3) is 22.8 Å². The lowest BCUT2D eigenvalue weighted by Crippen LogP contribution is -2.05. The number of imidazole rings is 1. The Morgan fingerprint density at radius 3 is 2.40 bits per heavy atom. The predicted molar refractivity (Wildman–Crippen MR) is 124 cm³/mol. The number of hydrogen-bond acceptors (Lipinski definition) is 6. The number of halogens is 3. The zero-order valence-electron chi connectivity index (χ0n) is 19.7. The van der Waals surface area contributed by atoms with Crippen molar-refractivity contribution in [1.82, 2.24) is 24.5 Å². The molecule has 4 rings (SSSR count). The molecule has 4 aromatic rings. The van der Waals surface area contributed by atoms with E-state index in [0.717, 1.165) is 23.0 Å². The number of methoxy groups -OCH3 is 1. The van der Waals surface area contributed by atoms with Crippen LogP contribution >= 0.6 is 0 Å². The molecule has 0 amide bonds. The van der Waals surface area contributed by atoms with E-state index >= 15 is 0 Å². The molecule has 0 aliphatic heterocycles. The molecule has 3 aromatic heterocycles. The number of rotatable bonds is 7. The van der Waals surface area contributed by atoms with Gasteiger partial charge in [-0.3, -0.25) is 4.98 Å². The molecular formula is C25H24F3N5O2. The van der Waals surface area contributed by atoms with Crippen LogP contribution in [0.1, 0.15) is 36.7 Å². The molecule has 0 bridgehead atoms. The molecule has 0 spiro atoms. The maximum Gasteiger partial charge on any atom is 0.434 e. The van der Waals surface area contributed by atoms with Crippen LogP contribution in [-0.4, -0.2) is 31.6 Å². The van der Waals surface area contributed by atoms with Gasteiger partial charge in [0, 0.05) is 30.6 Å². The maximum absolute atomic E-state index is 13.0. The lowest BCUT2D eigenvalue weighted by atomic mass is 10.0. The molecule has 3 heterocycles. The average molecular weight is 483 g/mol. The number of pyridine rings is 1. The summed E-state index contributed by atoms with van der Waals surface area (Å²) in [6.45, 7) is 4.27. The smallest absolute Gasteiger partial charge is 0.434 e. The number of ether oxygens (including phenoxy) is 2. The van der Waals surface area contributed by atoms with E-state index in [2.05, 4.69) is 19.9 Å². The van der Waals surface area contributed by atoms with Crippen LogP contribution in [0, 0.1) is 0 Å². The van der Waals surface area contributed by atoms with Crippen molar-refractivity contribution in [3.05, 3.63) is 71.9 Å². The topological polar surface area (TPSA) is 75.0 Å². The van der Waals surface area contributed by atoms with Crippen LogP contribution in [0.2, 0.25) is 0 Å². The second-order valence-electron chi connectivity index (χ2n) is 8.20. The van der Waals surface area contributed by atoms with Gasteiger partial charge in [-0.2, -0.15) is 18.2 Å². The molecule has 10 heteroatoms. The Kier molecular flexibility index (Phi) is 6.72. The monoisotopic (exact) mass is 483 g/mol. The molecule has 35 heavy (non-hydrogen) atoms. The summed E-state index contributed by atoms with van der Waals surface area (Å²) in [5, 5.41) is 0. The fourth-order valence-corrected chi connectivity index (χ4v) is 3.57. The van der Waals surface area contributed by atoms with Crippen molar-refractivity contribution in [3.8, 4) is 34.4 Å². The Bertz CT molecular complexity index is 1320. The van der Waals surface area contributed by atoms with Crippen LogP contribution in [0.4, 0.5) is 13.2 Å². The molecule has 0 aliphatic rings. The van der Waals surface area contributed by atoms with E-state index in [0.29, 0.717) is 17.1 Å². The third kappa shape index (κ3) is 5.26. The third-order valence-electron chi connectivity index (χ3n) is 5.32. The van der Waals surface area contributed by atoms with Gasteiger partial charge in [-0.1, -0.05) is 38.1 Å². The lowest BCUT2D eigenvalue weighted by Gasteiger charge is -2.13. The number of aryl methyl sites for hydroxylation is 1. The standard InChI is InChI=1S/C25H24F3N5O2/c1-15(2)21-18(6-5-11-29-21)22-30-12-19(34-4)24(32-22)35-14-16-7-9-17(10-8-16)23-31-20(13-33(23)3)25(26,27)28/h5-13,15H,14H2,1-4H3. The van der Waals surface area contributed by atoms with Gasteiger partial charge in [-0.05, 0) is 23.6 Å². The molecule has 7 nitrogen and oxygen atoms in total. The van der Waals surface area contributed by atoms with E-state index in [1.165, 1.54) is 18.7 Å². The molecule has 1 aromatic carbocycles. The zero-order chi connectivity index (χ0) is 25.2. The Morgan fingerprint density at radius 1 is 1.03 bits per heavy atom. The summed E-state index contributed by atoms with van der Waals surface area (Å²) in [4.78, 5) is 17.1. The third-order valence-corrected chi connectivity index (χ3v) is 5.32. The number of aromatic nitrogens is 5. The van der Waals surface area contributed by atoms with Crippen molar-refractivity contribution in [2.24, 2.45) is 7.05 Å². The number of nitrogens with zero attached hydrogens (tertiary/aromatic N) is 5. The Hall–Kier alpha value is -3.95. The Balaban J connectivity index is 1.54. The highest BCUT2D eigenvalue weighted by atomic mass is 19.4. The van der Waals surface area contributed by atoms with Crippen LogP contribution in [-0.2, 0) is 19.8 Å². The molecule has 0 saturated carbocycles. The van der Waals surface area contributed by atoms with Crippen molar-refractivity contribution in [2.45, 2.75) is 32.5 Å². The molecule has 0 fully saturated rings. The lowest BCUT2D eigenvalue weighted by molar-refractivity contribution is -0.140. The van der Waals surface area contributed by atoms with Crippen LogP contribution in [0.3, 0.4) is 0 Å². The predicted octanol–water partition coefficient (Wildman–Crippen LogP) is 5.67. The minimum absolute atomic E-state index is 0.172. The average Bonchev–Trinajstić information content (AvgIpc) is 3.25. The van der Waals surface area contributed by atoms with Gasteiger partial charge in [-0.15, -0.1) is 0 Å². The Labute approximate surface area is 200 Å². The van der Waals surface area contributed by atoms with Gasteiger partial charge < -0.3 is 14.0 Å². The number of hydrogen-bond donors (Lipinski definition) is 0. The van der Waals surface area contributed by atoms with Gasteiger partial charge in [0.2, 0.25) is 0 Å². The summed E-state index contributed by atoms with van der Waals surface area (Å²) >= 11 is 0. The minimum atomic E-state index is -4.50. The molecule has 0 unspecified atom stereocenters. The zero-order valence-corrected chi connectivity index (χ0v) is 19.7. The van der Waals surface area contributed by atoms with Crippen LogP contribution in [0.5, 0.6) is 11.6 Å². The fraction of sp³-hybridized carbons (Fsp3) is 0.280. The number of alkyl halides is 3. The largest absolute Gasteiger partial charge is 0.490 e. The molecule has 0 atom stereocenters. The molecule has 0 aliphatic carbocycles. The normalized spacial score (nSPS) is 11.7. The van der Waals surface area contributed by atoms with E-state index in [9.17, 15) is 13.2 Å². The van der Waals surface area contributed by atoms with Crippen molar-refractivity contribution >= 4 is 0 Å². The highest BCUT2D eigenvalue weighted by Crippen LogP contribution is 2.32. The molecule has 182 valence electrons. The summed E-state index contributed by atoms with van der Waals surface area (Å²) in [6, 6.07) is 10.7. The number of benzene rings is 1. The summed E-state index contributed by atoms with van der Waals surface area (Å²) < 4.78 is 51.5.